The second-order valence-electron chi connectivity index (χ2n) is 3.72. The minimum Gasteiger partial charge on any atom is -0.379 e. The van der Waals surface area contributed by atoms with Gasteiger partial charge >= 0.3 is 0 Å². The second kappa shape index (κ2) is 3.37. The first-order valence-corrected chi connectivity index (χ1v) is 5.04. The van der Waals surface area contributed by atoms with Gasteiger partial charge in [0.2, 0.25) is 0 Å². The highest BCUT2D eigenvalue weighted by molar-refractivity contribution is 5.09. The molecule has 4 nitrogen and oxygen atoms in total. The van der Waals surface area contributed by atoms with Gasteiger partial charge in [0.25, 0.3) is 0 Å². The van der Waals surface area contributed by atoms with Crippen LogP contribution in [0.3, 0.4) is 0 Å². The van der Waals surface area contributed by atoms with E-state index in [9.17, 15) is 5.11 Å². The number of hydrogen-bond donors (Lipinski definition) is 1. The van der Waals surface area contributed by atoms with Gasteiger partial charge in [0.15, 0.2) is 5.60 Å². The molecule has 1 aromatic heterocycles. The van der Waals surface area contributed by atoms with Gasteiger partial charge in [-0.15, -0.1) is 0 Å². The fourth-order valence-corrected chi connectivity index (χ4v) is 1.97. The van der Waals surface area contributed by atoms with E-state index in [1.807, 2.05) is 24.6 Å². The second-order valence-corrected chi connectivity index (χ2v) is 3.72. The van der Waals surface area contributed by atoms with Crippen LogP contribution in [-0.4, -0.2) is 27.4 Å². The van der Waals surface area contributed by atoms with Crippen LogP contribution in [0.25, 0.3) is 0 Å². The monoisotopic (exact) mass is 196 g/mol. The van der Waals surface area contributed by atoms with Crippen molar-refractivity contribution in [2.45, 2.75) is 38.5 Å². The van der Waals surface area contributed by atoms with Gasteiger partial charge in [0, 0.05) is 25.4 Å². The molecule has 0 bridgehead atoms. The zero-order chi connectivity index (χ0) is 10.2. The Morgan fingerprint density at radius 1 is 1.79 bits per heavy atom. The predicted molar refractivity (Wildman–Crippen MR) is 51.8 cm³/mol. The summed E-state index contributed by atoms with van der Waals surface area (Å²) in [5.41, 5.74) is -0.903. The summed E-state index contributed by atoms with van der Waals surface area (Å²) in [5.74, 6) is 0.727. The fourth-order valence-electron chi connectivity index (χ4n) is 1.97. The van der Waals surface area contributed by atoms with Crippen LogP contribution in [0, 0.1) is 0 Å². The highest BCUT2D eigenvalue weighted by atomic mass is 16.5. The molecule has 4 heteroatoms. The van der Waals surface area contributed by atoms with Gasteiger partial charge < -0.3 is 14.4 Å². The van der Waals surface area contributed by atoms with E-state index < -0.39 is 5.60 Å². The summed E-state index contributed by atoms with van der Waals surface area (Å²) in [6.45, 7) is 5.36. The normalized spacial score (nSPS) is 32.4. The maximum atomic E-state index is 10.4. The number of aryl methyl sites for hydroxylation is 1. The molecule has 1 saturated heterocycles. The van der Waals surface area contributed by atoms with Crippen LogP contribution in [0.5, 0.6) is 0 Å². The smallest absolute Gasteiger partial charge is 0.150 e. The van der Waals surface area contributed by atoms with E-state index in [0.29, 0.717) is 13.0 Å². The van der Waals surface area contributed by atoms with Gasteiger partial charge in [-0.05, 0) is 13.8 Å². The van der Waals surface area contributed by atoms with Gasteiger partial charge in [0.05, 0.1) is 12.7 Å². The number of aromatic nitrogens is 2. The minimum absolute atomic E-state index is 0.171. The Labute approximate surface area is 83.5 Å². The third-order valence-electron chi connectivity index (χ3n) is 2.97. The Hall–Kier alpha value is -0.870. The molecule has 2 heterocycles. The molecular weight excluding hydrogens is 180 g/mol. The molecule has 2 rings (SSSR count). The summed E-state index contributed by atoms with van der Waals surface area (Å²) >= 11 is 0. The molecule has 0 amide bonds. The highest BCUT2D eigenvalue weighted by Gasteiger charge is 2.44. The molecule has 0 saturated carbocycles. The molecule has 0 aromatic carbocycles. The van der Waals surface area contributed by atoms with E-state index in [-0.39, 0.29) is 6.10 Å². The summed E-state index contributed by atoms with van der Waals surface area (Å²) < 4.78 is 7.35. The molecule has 0 spiro atoms. The lowest BCUT2D eigenvalue weighted by Gasteiger charge is -2.25. The third-order valence-corrected chi connectivity index (χ3v) is 2.97. The number of ether oxygens (including phenoxy) is 1. The number of hydrogen-bond acceptors (Lipinski definition) is 3. The Bertz CT molecular complexity index is 324. The van der Waals surface area contributed by atoms with Gasteiger partial charge in [0.1, 0.15) is 5.82 Å². The molecular formula is C10H16N2O2. The van der Waals surface area contributed by atoms with Gasteiger partial charge in [-0.2, -0.15) is 0 Å². The van der Waals surface area contributed by atoms with Crippen molar-refractivity contribution in [3.63, 3.8) is 0 Å². The summed E-state index contributed by atoms with van der Waals surface area (Å²) in [6, 6.07) is 0. The average molecular weight is 196 g/mol. The van der Waals surface area contributed by atoms with Crippen LogP contribution < -0.4 is 0 Å². The molecule has 0 radical (unpaired) electrons. The van der Waals surface area contributed by atoms with Crippen molar-refractivity contribution >= 4 is 0 Å². The molecule has 1 aromatic rings. The third kappa shape index (κ3) is 1.26. The molecule has 1 fully saturated rings. The van der Waals surface area contributed by atoms with Gasteiger partial charge in [-0.3, -0.25) is 0 Å². The Balaban J connectivity index is 2.37. The van der Waals surface area contributed by atoms with E-state index in [1.54, 1.807) is 6.20 Å². The lowest BCUT2D eigenvalue weighted by atomic mass is 9.95. The van der Waals surface area contributed by atoms with E-state index >= 15 is 0 Å². The standard InChI is InChI=1S/C10H16N2O2/c1-3-12-6-5-11-9(12)10(13)4-7-14-8(10)2/h5-6,8,13H,3-4,7H2,1-2H3. The van der Waals surface area contributed by atoms with Crippen molar-refractivity contribution in [1.82, 2.24) is 9.55 Å². The largest absolute Gasteiger partial charge is 0.379 e. The first kappa shape index (κ1) is 9.68. The maximum Gasteiger partial charge on any atom is 0.150 e. The zero-order valence-corrected chi connectivity index (χ0v) is 8.60. The number of nitrogens with zero attached hydrogens (tertiary/aromatic N) is 2. The molecule has 78 valence electrons. The molecule has 0 aliphatic carbocycles. The van der Waals surface area contributed by atoms with Crippen LogP contribution in [-0.2, 0) is 16.9 Å². The van der Waals surface area contributed by atoms with Crippen molar-refractivity contribution in [2.75, 3.05) is 6.61 Å². The highest BCUT2D eigenvalue weighted by Crippen LogP contribution is 2.34. The lowest BCUT2D eigenvalue weighted by Crippen LogP contribution is -2.36. The van der Waals surface area contributed by atoms with E-state index in [0.717, 1.165) is 12.4 Å². The SMILES string of the molecule is CCn1ccnc1C1(O)CCOC1C. The quantitative estimate of drug-likeness (QED) is 0.764. The Morgan fingerprint density at radius 2 is 2.57 bits per heavy atom. The maximum absolute atomic E-state index is 10.4. The van der Waals surface area contributed by atoms with Crippen molar-refractivity contribution < 1.29 is 9.84 Å². The van der Waals surface area contributed by atoms with Crippen LogP contribution in [0.1, 0.15) is 26.1 Å². The summed E-state index contributed by atoms with van der Waals surface area (Å²) in [6.07, 6.45) is 4.07. The number of imidazole rings is 1. The molecule has 1 aliphatic rings. The van der Waals surface area contributed by atoms with Crippen LogP contribution in [0.15, 0.2) is 12.4 Å². The average Bonchev–Trinajstić information content (AvgIpc) is 2.75. The minimum atomic E-state index is -0.903. The fraction of sp³-hybridized carbons (Fsp3) is 0.700. The first-order valence-electron chi connectivity index (χ1n) is 5.04. The van der Waals surface area contributed by atoms with Crippen molar-refractivity contribution in [3.05, 3.63) is 18.2 Å². The van der Waals surface area contributed by atoms with E-state index in [4.69, 9.17) is 4.74 Å². The Morgan fingerprint density at radius 3 is 3.14 bits per heavy atom. The van der Waals surface area contributed by atoms with Gasteiger partial charge in [-0.25, -0.2) is 4.98 Å². The van der Waals surface area contributed by atoms with Crippen molar-refractivity contribution in [3.8, 4) is 0 Å². The first-order chi connectivity index (χ1) is 6.68. The van der Waals surface area contributed by atoms with E-state index in [2.05, 4.69) is 4.98 Å². The number of aliphatic hydroxyl groups is 1. The summed E-state index contributed by atoms with van der Waals surface area (Å²) in [4.78, 5) is 4.22. The summed E-state index contributed by atoms with van der Waals surface area (Å²) in [5, 5.41) is 10.4. The van der Waals surface area contributed by atoms with Crippen molar-refractivity contribution in [2.24, 2.45) is 0 Å². The van der Waals surface area contributed by atoms with Crippen LogP contribution in [0.4, 0.5) is 0 Å². The molecule has 1 aliphatic heterocycles. The number of rotatable bonds is 2. The lowest BCUT2D eigenvalue weighted by molar-refractivity contribution is -0.0401. The topological polar surface area (TPSA) is 47.3 Å². The zero-order valence-electron chi connectivity index (χ0n) is 8.60. The Kier molecular flexibility index (Phi) is 2.33. The van der Waals surface area contributed by atoms with Gasteiger partial charge in [-0.1, -0.05) is 0 Å². The molecule has 2 unspecified atom stereocenters. The van der Waals surface area contributed by atoms with Crippen LogP contribution >= 0.6 is 0 Å². The van der Waals surface area contributed by atoms with Crippen molar-refractivity contribution in [1.29, 1.82) is 0 Å². The summed E-state index contributed by atoms with van der Waals surface area (Å²) in [7, 11) is 0. The molecule has 1 N–H and O–H groups in total. The van der Waals surface area contributed by atoms with E-state index in [1.165, 1.54) is 0 Å². The predicted octanol–water partition coefficient (Wildman–Crippen LogP) is 0.899. The van der Waals surface area contributed by atoms with Crippen LogP contribution in [0.2, 0.25) is 0 Å². The molecule has 14 heavy (non-hydrogen) atoms. The molecule has 2 atom stereocenters.